The first kappa shape index (κ1) is 22.4. The van der Waals surface area contributed by atoms with Crippen LogP contribution in [0.15, 0.2) is 46.6 Å². The number of allylic oxidation sites excluding steroid dienone is 2. The van der Waals surface area contributed by atoms with Gasteiger partial charge in [0.25, 0.3) is 5.91 Å². The van der Waals surface area contributed by atoms with E-state index in [4.69, 9.17) is 20.8 Å². The number of methoxy groups -OCH3 is 1. The molecule has 1 N–H and O–H groups in total. The molecular weight excluding hydrogens is 400 g/mol. The Kier molecular flexibility index (Phi) is 6.34. The SMILES string of the molecule is CO/C(=C\C=C\c1cc2cc(Cl)ccc2o1)C(=O)NC1CC(C)(C)N(C)C(C)(C)C1. The van der Waals surface area contributed by atoms with Crippen LogP contribution in [-0.4, -0.2) is 42.1 Å². The number of ether oxygens (including phenoxy) is 1. The molecule has 3 rings (SSSR count). The summed E-state index contributed by atoms with van der Waals surface area (Å²) in [6.07, 6.45) is 6.96. The zero-order valence-corrected chi connectivity index (χ0v) is 19.3. The normalized spacial score (nSPS) is 20.0. The molecule has 0 saturated carbocycles. The molecule has 0 bridgehead atoms. The van der Waals surface area contributed by atoms with Gasteiger partial charge in [0.15, 0.2) is 5.76 Å². The molecule has 1 saturated heterocycles. The zero-order valence-electron chi connectivity index (χ0n) is 18.6. The average Bonchev–Trinajstić information content (AvgIpc) is 3.04. The number of benzene rings is 1. The van der Waals surface area contributed by atoms with E-state index in [1.165, 1.54) is 7.11 Å². The lowest BCUT2D eigenvalue weighted by molar-refractivity contribution is -0.122. The lowest BCUT2D eigenvalue weighted by atomic mass is 9.77. The Balaban J connectivity index is 1.69. The molecule has 2 heterocycles. The molecule has 1 aliphatic heterocycles. The summed E-state index contributed by atoms with van der Waals surface area (Å²) in [5, 5.41) is 4.75. The highest BCUT2D eigenvalue weighted by Gasteiger charge is 2.43. The average molecular weight is 431 g/mol. The Morgan fingerprint density at radius 1 is 1.23 bits per heavy atom. The second-order valence-corrected chi connectivity index (χ2v) is 9.62. The number of carbonyl (C=O) groups is 1. The number of amides is 1. The van der Waals surface area contributed by atoms with Gasteiger partial charge in [0.1, 0.15) is 11.3 Å². The minimum absolute atomic E-state index is 0.000732. The maximum Gasteiger partial charge on any atom is 0.286 e. The molecule has 0 radical (unpaired) electrons. The molecule has 2 aromatic rings. The van der Waals surface area contributed by atoms with Gasteiger partial charge in [-0.3, -0.25) is 9.69 Å². The molecular formula is C24H31ClN2O3. The maximum absolute atomic E-state index is 12.8. The fraction of sp³-hybridized carbons (Fsp3) is 0.458. The van der Waals surface area contributed by atoms with Crippen molar-refractivity contribution in [3.05, 3.63) is 53.0 Å². The molecule has 162 valence electrons. The van der Waals surface area contributed by atoms with Gasteiger partial charge in [0.2, 0.25) is 0 Å². The van der Waals surface area contributed by atoms with Crippen LogP contribution in [0.5, 0.6) is 0 Å². The van der Waals surface area contributed by atoms with Crippen LogP contribution in [0.1, 0.15) is 46.3 Å². The summed E-state index contributed by atoms with van der Waals surface area (Å²) in [4.78, 5) is 15.2. The van der Waals surface area contributed by atoms with Crippen molar-refractivity contribution in [2.24, 2.45) is 0 Å². The predicted molar refractivity (Wildman–Crippen MR) is 122 cm³/mol. The van der Waals surface area contributed by atoms with E-state index in [2.05, 4.69) is 45.0 Å². The molecule has 6 heteroatoms. The van der Waals surface area contributed by atoms with Gasteiger partial charge in [-0.15, -0.1) is 0 Å². The Bertz CT molecular complexity index is 969. The third kappa shape index (κ3) is 4.90. The van der Waals surface area contributed by atoms with Crippen LogP contribution in [0, 0.1) is 0 Å². The van der Waals surface area contributed by atoms with E-state index in [0.717, 1.165) is 23.8 Å². The minimum atomic E-state index is -0.209. The van der Waals surface area contributed by atoms with Crippen LogP contribution in [0.3, 0.4) is 0 Å². The number of rotatable bonds is 5. The van der Waals surface area contributed by atoms with Crippen molar-refractivity contribution >= 4 is 34.6 Å². The molecule has 1 aliphatic rings. The van der Waals surface area contributed by atoms with E-state index in [9.17, 15) is 4.79 Å². The topological polar surface area (TPSA) is 54.7 Å². The highest BCUT2D eigenvalue weighted by atomic mass is 35.5. The van der Waals surface area contributed by atoms with Crippen molar-refractivity contribution < 1.29 is 13.9 Å². The van der Waals surface area contributed by atoms with Crippen molar-refractivity contribution in [1.29, 1.82) is 0 Å². The van der Waals surface area contributed by atoms with Gasteiger partial charge in [-0.05, 0) is 84.0 Å². The molecule has 0 aliphatic carbocycles. The third-order valence-electron chi connectivity index (χ3n) is 6.09. The van der Waals surface area contributed by atoms with E-state index in [0.29, 0.717) is 10.8 Å². The van der Waals surface area contributed by atoms with Gasteiger partial charge in [-0.25, -0.2) is 0 Å². The third-order valence-corrected chi connectivity index (χ3v) is 6.33. The smallest absolute Gasteiger partial charge is 0.286 e. The Hall–Kier alpha value is -2.24. The van der Waals surface area contributed by atoms with Gasteiger partial charge < -0.3 is 14.5 Å². The molecule has 1 fully saturated rings. The Morgan fingerprint density at radius 3 is 2.53 bits per heavy atom. The van der Waals surface area contributed by atoms with Crippen LogP contribution in [-0.2, 0) is 9.53 Å². The van der Waals surface area contributed by atoms with Crippen molar-refractivity contribution in [2.45, 2.75) is 57.7 Å². The molecule has 0 atom stereocenters. The number of hydrogen-bond donors (Lipinski definition) is 1. The van der Waals surface area contributed by atoms with E-state index in [-0.39, 0.29) is 28.8 Å². The summed E-state index contributed by atoms with van der Waals surface area (Å²) in [5.74, 6) is 0.734. The van der Waals surface area contributed by atoms with Crippen LogP contribution in [0.25, 0.3) is 17.0 Å². The van der Waals surface area contributed by atoms with Crippen molar-refractivity contribution in [3.8, 4) is 0 Å². The number of nitrogens with zero attached hydrogens (tertiary/aromatic N) is 1. The standard InChI is InChI=1S/C24H31ClN2O3/c1-23(2)14-18(15-24(3,4)27(23)5)26-22(28)21(29-6)9-7-8-19-13-16-12-17(25)10-11-20(16)30-19/h7-13,18H,14-15H2,1-6H3,(H,26,28)/b8-7+,21-9-. The van der Waals surface area contributed by atoms with E-state index >= 15 is 0 Å². The lowest BCUT2D eigenvalue weighted by Crippen LogP contribution is -2.62. The fourth-order valence-electron chi connectivity index (χ4n) is 4.31. The predicted octanol–water partition coefficient (Wildman–Crippen LogP) is 5.40. The Morgan fingerprint density at radius 2 is 1.90 bits per heavy atom. The van der Waals surface area contributed by atoms with Gasteiger partial charge in [-0.2, -0.15) is 0 Å². The molecule has 1 aromatic carbocycles. The lowest BCUT2D eigenvalue weighted by Gasteiger charge is -2.53. The van der Waals surface area contributed by atoms with Crippen LogP contribution in [0.4, 0.5) is 0 Å². The number of halogens is 1. The van der Waals surface area contributed by atoms with E-state index < -0.39 is 0 Å². The second kappa shape index (κ2) is 8.48. The maximum atomic E-state index is 12.8. The van der Waals surface area contributed by atoms with Crippen LogP contribution >= 0.6 is 11.6 Å². The quantitative estimate of drug-likeness (QED) is 0.392. The molecule has 1 aromatic heterocycles. The van der Waals surface area contributed by atoms with E-state index in [1.807, 2.05) is 18.2 Å². The van der Waals surface area contributed by atoms with Gasteiger partial charge in [0.05, 0.1) is 7.11 Å². The zero-order chi connectivity index (χ0) is 22.1. The first-order valence-electron chi connectivity index (χ1n) is 10.2. The number of piperidine rings is 1. The molecule has 30 heavy (non-hydrogen) atoms. The van der Waals surface area contributed by atoms with E-state index in [1.54, 1.807) is 24.3 Å². The summed E-state index contributed by atoms with van der Waals surface area (Å²) in [6.45, 7) is 8.85. The van der Waals surface area contributed by atoms with Crippen LogP contribution in [0.2, 0.25) is 5.02 Å². The monoisotopic (exact) mass is 430 g/mol. The Labute approximate surface area is 183 Å². The summed E-state index contributed by atoms with van der Waals surface area (Å²) in [5.41, 5.74) is 0.766. The minimum Gasteiger partial charge on any atom is -0.491 e. The molecule has 5 nitrogen and oxygen atoms in total. The number of hydrogen-bond acceptors (Lipinski definition) is 4. The summed E-state index contributed by atoms with van der Waals surface area (Å²) < 4.78 is 11.1. The van der Waals surface area contributed by atoms with Gasteiger partial charge in [0, 0.05) is 27.5 Å². The van der Waals surface area contributed by atoms with Crippen molar-refractivity contribution in [2.75, 3.05) is 14.2 Å². The van der Waals surface area contributed by atoms with Crippen molar-refractivity contribution in [3.63, 3.8) is 0 Å². The highest BCUT2D eigenvalue weighted by Crippen LogP contribution is 2.36. The van der Waals surface area contributed by atoms with Gasteiger partial charge in [-0.1, -0.05) is 17.7 Å². The number of furan rings is 1. The molecule has 0 unspecified atom stereocenters. The fourth-order valence-corrected chi connectivity index (χ4v) is 4.49. The van der Waals surface area contributed by atoms with Gasteiger partial charge >= 0.3 is 0 Å². The number of carbonyl (C=O) groups excluding carboxylic acids is 1. The second-order valence-electron chi connectivity index (χ2n) is 9.19. The highest BCUT2D eigenvalue weighted by molar-refractivity contribution is 6.31. The first-order chi connectivity index (χ1) is 14.0. The van der Waals surface area contributed by atoms with Crippen molar-refractivity contribution in [1.82, 2.24) is 10.2 Å². The largest absolute Gasteiger partial charge is 0.491 e. The first-order valence-corrected chi connectivity index (χ1v) is 10.6. The summed E-state index contributed by atoms with van der Waals surface area (Å²) in [7, 11) is 3.65. The summed E-state index contributed by atoms with van der Waals surface area (Å²) in [6, 6.07) is 7.47. The summed E-state index contributed by atoms with van der Waals surface area (Å²) >= 11 is 6.02. The molecule has 1 amide bonds. The number of likely N-dealkylation sites (tertiary alicyclic amines) is 1. The number of nitrogens with one attached hydrogen (secondary N) is 1. The molecule has 0 spiro atoms. The number of fused-ring (bicyclic) bond motifs is 1. The van der Waals surface area contributed by atoms with Crippen LogP contribution < -0.4 is 5.32 Å².